The van der Waals surface area contributed by atoms with Crippen LogP contribution in [0.1, 0.15) is 0 Å². The van der Waals surface area contributed by atoms with Gasteiger partial charge in [-0.25, -0.2) is 0 Å². The fourth-order valence-corrected chi connectivity index (χ4v) is 21.6. The third kappa shape index (κ3) is 11.0. The van der Waals surface area contributed by atoms with Crippen LogP contribution in [0.2, 0.25) is 0 Å². The van der Waals surface area contributed by atoms with E-state index in [4.69, 9.17) is 4.42 Å². The molecule has 1 nitrogen and oxygen atoms in total. The maximum atomic E-state index is 6.44. The van der Waals surface area contributed by atoms with Gasteiger partial charge in [0.25, 0.3) is 0 Å². The van der Waals surface area contributed by atoms with E-state index in [1.54, 1.807) is 0 Å². The third-order valence-corrected chi connectivity index (χ3v) is 27.1. The first-order chi connectivity index (χ1) is 58.0. The average Bonchev–Trinajstić information content (AvgIpc) is 1.67. The van der Waals surface area contributed by atoms with Crippen LogP contribution in [-0.4, -0.2) is 0 Å². The molecule has 21 aromatic carbocycles. The molecular weight excluding hydrogens is 1450 g/mol. The number of rotatable bonds is 11. The molecule has 117 heavy (non-hydrogen) atoms. The second-order valence-corrected chi connectivity index (χ2v) is 33.2. The van der Waals surface area contributed by atoms with Gasteiger partial charge in [0, 0.05) is 51.1 Å². The minimum atomic E-state index is 0.893. The maximum absolute atomic E-state index is 6.44. The van der Waals surface area contributed by atoms with Gasteiger partial charge < -0.3 is 4.42 Å². The lowest BCUT2D eigenvalue weighted by Crippen LogP contribution is -1.93. The van der Waals surface area contributed by atoms with E-state index in [9.17, 15) is 0 Å². The van der Waals surface area contributed by atoms with Gasteiger partial charge in [0.05, 0.1) is 0 Å². The Balaban J connectivity index is 0.603. The molecule has 0 aliphatic carbocycles. The predicted octanol–water partition coefficient (Wildman–Crippen LogP) is 33.6. The molecule has 3 heterocycles. The Kier molecular flexibility index (Phi) is 15.5. The van der Waals surface area contributed by atoms with E-state index in [-0.39, 0.29) is 0 Å². The van der Waals surface area contributed by atoms with E-state index in [1.807, 2.05) is 28.7 Å². The van der Waals surface area contributed by atoms with Gasteiger partial charge in [-0.15, -0.1) is 22.7 Å². The second kappa shape index (κ2) is 27.1. The first-order valence-corrected chi connectivity index (χ1v) is 41.9. The van der Waals surface area contributed by atoms with Crippen LogP contribution < -0.4 is 0 Å². The van der Waals surface area contributed by atoms with Gasteiger partial charge in [0.2, 0.25) is 0 Å². The van der Waals surface area contributed by atoms with E-state index in [1.165, 1.54) is 205 Å². The van der Waals surface area contributed by atoms with Crippen LogP contribution in [0.15, 0.2) is 417 Å². The lowest BCUT2D eigenvalue weighted by molar-refractivity contribution is 0.669. The second-order valence-electron chi connectivity index (χ2n) is 31.1. The first kappa shape index (κ1) is 67.0. The fraction of sp³-hybridized carbons (Fsp3) is 0. The van der Waals surface area contributed by atoms with Crippen LogP contribution in [0.3, 0.4) is 0 Å². The zero-order chi connectivity index (χ0) is 76.8. The van der Waals surface area contributed by atoms with Crippen LogP contribution in [0.4, 0.5) is 0 Å². The van der Waals surface area contributed by atoms with Crippen LogP contribution in [0, 0.1) is 0 Å². The molecule has 24 rings (SSSR count). The van der Waals surface area contributed by atoms with Crippen molar-refractivity contribution in [2.75, 3.05) is 0 Å². The summed E-state index contributed by atoms with van der Waals surface area (Å²) in [6, 6.07) is 154. The minimum Gasteiger partial charge on any atom is -0.456 e. The average molecular weight is 1520 g/mol. The molecule has 0 atom stereocenters. The van der Waals surface area contributed by atoms with Gasteiger partial charge in [-0.1, -0.05) is 352 Å². The summed E-state index contributed by atoms with van der Waals surface area (Å²) < 4.78 is 11.7. The summed E-state index contributed by atoms with van der Waals surface area (Å²) in [5.74, 6) is 0. The molecule has 3 heteroatoms. The molecule has 0 saturated heterocycles. The number of para-hydroxylation sites is 1. The molecule has 0 unspecified atom stereocenters. The number of benzene rings is 21. The predicted molar refractivity (Wildman–Crippen MR) is 504 cm³/mol. The summed E-state index contributed by atoms with van der Waals surface area (Å²) in [6.07, 6.45) is 0. The lowest BCUT2D eigenvalue weighted by atomic mass is 9.84. The van der Waals surface area contributed by atoms with Crippen molar-refractivity contribution in [3.05, 3.63) is 413 Å². The lowest BCUT2D eigenvalue weighted by Gasteiger charge is -2.20. The molecule has 0 spiro atoms. The zero-order valence-electron chi connectivity index (χ0n) is 63.5. The molecule has 0 fully saturated rings. The Labute approximate surface area is 683 Å². The zero-order valence-corrected chi connectivity index (χ0v) is 65.1. The highest BCUT2D eigenvalue weighted by atomic mass is 32.1. The van der Waals surface area contributed by atoms with Crippen molar-refractivity contribution in [2.45, 2.75) is 0 Å². The van der Waals surface area contributed by atoms with E-state index in [2.05, 4.69) is 406 Å². The Morgan fingerprint density at radius 3 is 0.863 bits per heavy atom. The molecule has 0 N–H and O–H groups in total. The van der Waals surface area contributed by atoms with E-state index in [0.29, 0.717) is 0 Å². The summed E-state index contributed by atoms with van der Waals surface area (Å²) >= 11 is 3.75. The van der Waals surface area contributed by atoms with Crippen LogP contribution in [0.25, 0.3) is 249 Å². The smallest absolute Gasteiger partial charge is 0.136 e. The van der Waals surface area contributed by atoms with Crippen molar-refractivity contribution in [3.63, 3.8) is 0 Å². The molecule has 3 aromatic heterocycles. The topological polar surface area (TPSA) is 13.1 Å². The molecule has 0 aliphatic heterocycles. The van der Waals surface area contributed by atoms with Crippen molar-refractivity contribution in [3.8, 4) is 122 Å². The molecular formula is C114H68OS2. The molecule has 542 valence electrons. The summed E-state index contributed by atoms with van der Waals surface area (Å²) in [6.45, 7) is 0. The number of thiophene rings is 2. The Hall–Kier alpha value is -14.6. The van der Waals surface area contributed by atoms with E-state index >= 15 is 0 Å². The molecule has 24 aromatic rings. The van der Waals surface area contributed by atoms with Crippen molar-refractivity contribution in [1.29, 1.82) is 0 Å². The highest BCUT2D eigenvalue weighted by molar-refractivity contribution is 7.26. The summed E-state index contributed by atoms with van der Waals surface area (Å²) in [7, 11) is 0. The van der Waals surface area contributed by atoms with Crippen LogP contribution in [0.5, 0.6) is 0 Å². The molecule has 0 bridgehead atoms. The summed E-state index contributed by atoms with van der Waals surface area (Å²) in [5, 5.41) is 22.2. The van der Waals surface area contributed by atoms with Crippen molar-refractivity contribution >= 4 is 150 Å². The van der Waals surface area contributed by atoms with Crippen molar-refractivity contribution in [2.24, 2.45) is 0 Å². The van der Waals surface area contributed by atoms with Gasteiger partial charge in [-0.3, -0.25) is 0 Å². The highest BCUT2D eigenvalue weighted by Gasteiger charge is 2.24. The maximum Gasteiger partial charge on any atom is 0.136 e. The van der Waals surface area contributed by atoms with Gasteiger partial charge in [-0.2, -0.15) is 0 Å². The van der Waals surface area contributed by atoms with Crippen molar-refractivity contribution < 1.29 is 4.42 Å². The minimum absolute atomic E-state index is 0.893. The SMILES string of the molecule is c1ccc(-c2c3ccccc3c(-c3ccc(-c4ccc(-c5c6ccccc6c(-c6ccc(-c7ccc(-c8c9ccccc9c(-c9ccccc9)c9cc(-c%10ccc%11c(c%10)oc%10ccccc%10%11)ccc89)cc7)cc6)c6cc(-c7cccc8c7sc7ccccc78)ccc56)cc4)cc3)c3cc(-c4ccc5sc6ccccc6c5c4)ccc23)cc1. The first-order valence-electron chi connectivity index (χ1n) is 40.2. The van der Waals surface area contributed by atoms with Crippen LogP contribution in [-0.2, 0) is 0 Å². The fourth-order valence-electron chi connectivity index (χ4n) is 19.2. The third-order valence-electron chi connectivity index (χ3n) is 24.7. The van der Waals surface area contributed by atoms with Crippen molar-refractivity contribution in [1.82, 2.24) is 0 Å². The van der Waals surface area contributed by atoms with E-state index < -0.39 is 0 Å². The normalized spacial score (nSPS) is 11.9. The molecule has 0 aliphatic rings. The monoisotopic (exact) mass is 1520 g/mol. The molecule has 0 saturated carbocycles. The summed E-state index contributed by atoms with van der Waals surface area (Å²) in [4.78, 5) is 0. The van der Waals surface area contributed by atoms with E-state index in [0.717, 1.165) is 44.2 Å². The number of hydrogen-bond acceptors (Lipinski definition) is 3. The van der Waals surface area contributed by atoms with Gasteiger partial charge in [0.15, 0.2) is 0 Å². The molecule has 0 radical (unpaired) electrons. The number of fused-ring (bicyclic) bond motifs is 15. The Morgan fingerprint density at radius 1 is 0.137 bits per heavy atom. The largest absolute Gasteiger partial charge is 0.456 e. The van der Waals surface area contributed by atoms with Gasteiger partial charge in [-0.05, 0) is 248 Å². The quantitative estimate of drug-likeness (QED) is 0.118. The van der Waals surface area contributed by atoms with Gasteiger partial charge in [0.1, 0.15) is 11.2 Å². The Morgan fingerprint density at radius 2 is 0.410 bits per heavy atom. The summed E-state index contributed by atoms with van der Waals surface area (Å²) in [5.41, 5.74) is 28.1. The molecule has 0 amide bonds. The highest BCUT2D eigenvalue weighted by Crippen LogP contribution is 2.52. The van der Waals surface area contributed by atoms with Crippen LogP contribution >= 0.6 is 22.7 Å². The Bertz CT molecular complexity index is 8190. The standard InChI is InChI=1S/C114H68OS2/c1-3-20-73(21-4-1)108-89-27-7-11-31-93(89)112(101-65-79(55-60-95(101)108)81-58-63-107-99(64-81)88-26-15-17-36-105(88)116-107)77-50-42-71(43-51-77)70-40-48-76(49-41-70)110-91-29-9-12-32-94(91)113(102-67-83(57-62-97(102)110)84-33-19-34-98-87-25-14-18-37-106(87)117-114(84)98)78-52-44-72(45-53-78)69-38-46-75(47-39-69)109-90-28-8-10-30-92(90)111(74-22-5-2-6-23-74)100-66-80(56-61-96(100)109)82-54-59-86-85-24-13-16-35-103(85)115-104(86)68-82/h1-68H. The number of furan rings is 1. The van der Waals surface area contributed by atoms with Gasteiger partial charge >= 0.3 is 0 Å². The number of hydrogen-bond donors (Lipinski definition) is 0.